The van der Waals surface area contributed by atoms with E-state index in [0.29, 0.717) is 25.1 Å². The Bertz CT molecular complexity index is 429. The smallest absolute Gasteiger partial charge is 0.257 e. The molecule has 0 aliphatic heterocycles. The Morgan fingerprint density at radius 1 is 1.14 bits per heavy atom. The molecule has 0 unspecified atom stereocenters. The summed E-state index contributed by atoms with van der Waals surface area (Å²) in [6.07, 6.45) is 8.51. The quantitative estimate of drug-likeness (QED) is 0.638. The van der Waals surface area contributed by atoms with Crippen LogP contribution in [0.25, 0.3) is 0 Å². The second kappa shape index (κ2) is 10.9. The van der Waals surface area contributed by atoms with Gasteiger partial charge in [-0.3, -0.25) is 9.59 Å². The van der Waals surface area contributed by atoms with Crippen LogP contribution in [0.2, 0.25) is 0 Å². The van der Waals surface area contributed by atoms with E-state index in [1.165, 1.54) is 12.5 Å². The van der Waals surface area contributed by atoms with Gasteiger partial charge in [-0.25, -0.2) is 0 Å². The first-order valence-electron chi connectivity index (χ1n) is 8.27. The number of nitrogens with one attached hydrogen (secondary N) is 1. The lowest BCUT2D eigenvalue weighted by Crippen LogP contribution is -2.36. The Hall–Kier alpha value is -1.78. The predicted octanol–water partition coefficient (Wildman–Crippen LogP) is 3.22. The standard InChI is InChI=1S/C17H28N2O3/c1-3-5-7-10-18-16(20)8-12-19(11-6-4-2)17(21)15-9-13-22-14-15/h9,13-14H,3-8,10-12H2,1-2H3,(H,18,20). The summed E-state index contributed by atoms with van der Waals surface area (Å²) in [6.45, 7) is 6.06. The van der Waals surface area contributed by atoms with Gasteiger partial charge in [0.1, 0.15) is 6.26 Å². The number of unbranched alkanes of at least 4 members (excludes halogenated alkanes) is 3. The third-order valence-corrected chi connectivity index (χ3v) is 3.55. The van der Waals surface area contributed by atoms with Crippen LogP contribution in [0.1, 0.15) is 62.7 Å². The molecule has 22 heavy (non-hydrogen) atoms. The number of hydrogen-bond acceptors (Lipinski definition) is 3. The van der Waals surface area contributed by atoms with Crippen molar-refractivity contribution in [2.24, 2.45) is 0 Å². The summed E-state index contributed by atoms with van der Waals surface area (Å²) in [5.74, 6) is -0.0569. The van der Waals surface area contributed by atoms with Crippen LogP contribution in [0.3, 0.4) is 0 Å². The van der Waals surface area contributed by atoms with Crippen molar-refractivity contribution in [3.8, 4) is 0 Å². The van der Waals surface area contributed by atoms with Crippen LogP contribution >= 0.6 is 0 Å². The Labute approximate surface area is 133 Å². The summed E-state index contributed by atoms with van der Waals surface area (Å²) in [4.78, 5) is 25.9. The van der Waals surface area contributed by atoms with E-state index in [0.717, 1.165) is 38.6 Å². The van der Waals surface area contributed by atoms with Crippen LogP contribution < -0.4 is 5.32 Å². The van der Waals surface area contributed by atoms with Gasteiger partial charge in [0.05, 0.1) is 11.8 Å². The zero-order valence-corrected chi connectivity index (χ0v) is 13.8. The largest absolute Gasteiger partial charge is 0.472 e. The highest BCUT2D eigenvalue weighted by atomic mass is 16.3. The van der Waals surface area contributed by atoms with Crippen LogP contribution in [0.5, 0.6) is 0 Å². The maximum absolute atomic E-state index is 12.4. The van der Waals surface area contributed by atoms with Gasteiger partial charge in [-0.05, 0) is 18.9 Å². The zero-order chi connectivity index (χ0) is 16.2. The van der Waals surface area contributed by atoms with Gasteiger partial charge in [0.2, 0.25) is 5.91 Å². The molecule has 1 heterocycles. The Kier molecular flexibility index (Phi) is 9.03. The van der Waals surface area contributed by atoms with Crippen molar-refractivity contribution in [2.45, 2.75) is 52.4 Å². The molecule has 1 rings (SSSR count). The highest BCUT2D eigenvalue weighted by Gasteiger charge is 2.17. The molecule has 0 saturated heterocycles. The predicted molar refractivity (Wildman–Crippen MR) is 86.7 cm³/mol. The summed E-state index contributed by atoms with van der Waals surface area (Å²) in [7, 11) is 0. The van der Waals surface area contributed by atoms with Crippen LogP contribution in [0.4, 0.5) is 0 Å². The van der Waals surface area contributed by atoms with E-state index in [4.69, 9.17) is 4.42 Å². The minimum absolute atomic E-state index is 0.0117. The van der Waals surface area contributed by atoms with Crippen molar-refractivity contribution < 1.29 is 14.0 Å². The number of carbonyl (C=O) groups excluding carboxylic acids is 2. The van der Waals surface area contributed by atoms with Crippen molar-refractivity contribution in [3.63, 3.8) is 0 Å². The Morgan fingerprint density at radius 3 is 2.55 bits per heavy atom. The average Bonchev–Trinajstić information content (AvgIpc) is 3.05. The molecule has 0 radical (unpaired) electrons. The summed E-state index contributed by atoms with van der Waals surface area (Å²) >= 11 is 0. The highest BCUT2D eigenvalue weighted by molar-refractivity contribution is 5.94. The first-order chi connectivity index (χ1) is 10.7. The third-order valence-electron chi connectivity index (χ3n) is 3.55. The van der Waals surface area contributed by atoms with E-state index >= 15 is 0 Å². The molecule has 1 aromatic heterocycles. The number of nitrogens with zero attached hydrogens (tertiary/aromatic N) is 1. The number of carbonyl (C=O) groups is 2. The number of amides is 2. The maximum Gasteiger partial charge on any atom is 0.257 e. The molecule has 0 fully saturated rings. The van der Waals surface area contributed by atoms with Crippen molar-refractivity contribution in [3.05, 3.63) is 24.2 Å². The first kappa shape index (κ1) is 18.3. The molecule has 5 heteroatoms. The van der Waals surface area contributed by atoms with Crippen LogP contribution in [-0.2, 0) is 4.79 Å². The normalized spacial score (nSPS) is 10.5. The Morgan fingerprint density at radius 2 is 1.91 bits per heavy atom. The summed E-state index contributed by atoms with van der Waals surface area (Å²) in [5, 5.41) is 2.91. The van der Waals surface area contributed by atoms with Gasteiger partial charge in [-0.2, -0.15) is 0 Å². The lowest BCUT2D eigenvalue weighted by Gasteiger charge is -2.21. The van der Waals surface area contributed by atoms with E-state index in [-0.39, 0.29) is 11.8 Å². The minimum atomic E-state index is -0.0685. The number of hydrogen-bond donors (Lipinski definition) is 1. The molecule has 0 aliphatic rings. The number of furan rings is 1. The summed E-state index contributed by atoms with van der Waals surface area (Å²) in [5.41, 5.74) is 0.541. The zero-order valence-electron chi connectivity index (χ0n) is 13.8. The monoisotopic (exact) mass is 308 g/mol. The summed E-state index contributed by atoms with van der Waals surface area (Å²) < 4.78 is 4.97. The fourth-order valence-electron chi connectivity index (χ4n) is 2.16. The highest BCUT2D eigenvalue weighted by Crippen LogP contribution is 2.08. The molecule has 0 atom stereocenters. The second-order valence-electron chi connectivity index (χ2n) is 5.46. The molecule has 0 aromatic carbocycles. The van der Waals surface area contributed by atoms with Crippen molar-refractivity contribution >= 4 is 11.8 Å². The molecule has 0 saturated carbocycles. The lowest BCUT2D eigenvalue weighted by atomic mass is 10.2. The van der Waals surface area contributed by atoms with Crippen LogP contribution in [0.15, 0.2) is 23.0 Å². The van der Waals surface area contributed by atoms with E-state index in [9.17, 15) is 9.59 Å². The molecule has 2 amide bonds. The van der Waals surface area contributed by atoms with Gasteiger partial charge in [0, 0.05) is 26.1 Å². The molecule has 0 aliphatic carbocycles. The molecular weight excluding hydrogens is 280 g/mol. The van der Waals surface area contributed by atoms with Gasteiger partial charge in [0.15, 0.2) is 0 Å². The average molecular weight is 308 g/mol. The third kappa shape index (κ3) is 6.78. The second-order valence-corrected chi connectivity index (χ2v) is 5.46. The van der Waals surface area contributed by atoms with E-state index in [1.807, 2.05) is 0 Å². The summed E-state index contributed by atoms with van der Waals surface area (Å²) in [6, 6.07) is 1.66. The minimum Gasteiger partial charge on any atom is -0.472 e. The van der Waals surface area contributed by atoms with Gasteiger partial charge in [-0.15, -0.1) is 0 Å². The van der Waals surface area contributed by atoms with Crippen molar-refractivity contribution in [1.82, 2.24) is 10.2 Å². The fraction of sp³-hybridized carbons (Fsp3) is 0.647. The van der Waals surface area contributed by atoms with Crippen LogP contribution in [0, 0.1) is 0 Å². The van der Waals surface area contributed by atoms with Gasteiger partial charge in [0.25, 0.3) is 5.91 Å². The van der Waals surface area contributed by atoms with Gasteiger partial charge in [-0.1, -0.05) is 33.1 Å². The van der Waals surface area contributed by atoms with Gasteiger partial charge >= 0.3 is 0 Å². The maximum atomic E-state index is 12.4. The van der Waals surface area contributed by atoms with E-state index in [2.05, 4.69) is 19.2 Å². The fourth-order valence-corrected chi connectivity index (χ4v) is 2.16. The van der Waals surface area contributed by atoms with E-state index < -0.39 is 0 Å². The van der Waals surface area contributed by atoms with Crippen molar-refractivity contribution in [2.75, 3.05) is 19.6 Å². The van der Waals surface area contributed by atoms with E-state index in [1.54, 1.807) is 11.0 Å². The molecule has 124 valence electrons. The van der Waals surface area contributed by atoms with Crippen LogP contribution in [-0.4, -0.2) is 36.3 Å². The lowest BCUT2D eigenvalue weighted by molar-refractivity contribution is -0.121. The van der Waals surface area contributed by atoms with Crippen molar-refractivity contribution in [1.29, 1.82) is 0 Å². The Balaban J connectivity index is 2.41. The SMILES string of the molecule is CCCCCNC(=O)CCN(CCCC)C(=O)c1ccoc1. The van der Waals surface area contributed by atoms with Gasteiger partial charge < -0.3 is 14.6 Å². The molecule has 0 spiro atoms. The molecular formula is C17H28N2O3. The topological polar surface area (TPSA) is 62.6 Å². The molecule has 1 N–H and O–H groups in total. The molecule has 0 bridgehead atoms. The first-order valence-corrected chi connectivity index (χ1v) is 8.27. The number of rotatable bonds is 11. The molecule has 5 nitrogen and oxygen atoms in total. The molecule has 1 aromatic rings.